The van der Waals surface area contributed by atoms with Crippen LogP contribution in [0.1, 0.15) is 40.0 Å². The van der Waals surface area contributed by atoms with Gasteiger partial charge in [-0.2, -0.15) is 0 Å². The van der Waals surface area contributed by atoms with E-state index in [-0.39, 0.29) is 12.1 Å². The van der Waals surface area contributed by atoms with Gasteiger partial charge in [0.25, 0.3) is 0 Å². The number of amides is 1. The predicted molar refractivity (Wildman–Crippen MR) is 97.1 cm³/mol. The summed E-state index contributed by atoms with van der Waals surface area (Å²) in [4.78, 5) is 14.3. The Morgan fingerprint density at radius 2 is 2.12 bits per heavy atom. The van der Waals surface area contributed by atoms with Crippen molar-refractivity contribution in [2.75, 3.05) is 25.5 Å². The Labute approximate surface area is 149 Å². The number of ether oxygens (including phenoxy) is 2. The van der Waals surface area contributed by atoms with Gasteiger partial charge in [-0.3, -0.25) is 0 Å². The van der Waals surface area contributed by atoms with Crippen LogP contribution in [0.25, 0.3) is 0 Å². The molecule has 1 saturated heterocycles. The van der Waals surface area contributed by atoms with E-state index in [9.17, 15) is 4.79 Å². The molecule has 0 aromatic heterocycles. The first-order valence-corrected chi connectivity index (χ1v) is 8.75. The number of methoxy groups -OCH3 is 1. The number of halogens is 1. The number of nitrogens with zero attached hydrogens (tertiary/aromatic N) is 1. The van der Waals surface area contributed by atoms with Crippen LogP contribution < -0.4 is 10.1 Å². The Kier molecular flexibility index (Phi) is 6.21. The molecule has 1 aromatic carbocycles. The average Bonchev–Trinajstić information content (AvgIpc) is 2.51. The monoisotopic (exact) mass is 354 g/mol. The van der Waals surface area contributed by atoms with Crippen molar-refractivity contribution in [1.82, 2.24) is 4.90 Å². The number of benzene rings is 1. The van der Waals surface area contributed by atoms with Crippen LogP contribution in [0, 0.1) is 0 Å². The van der Waals surface area contributed by atoms with E-state index in [1.165, 1.54) is 0 Å². The number of anilines is 1. The number of piperidine rings is 1. The van der Waals surface area contributed by atoms with E-state index in [1.54, 1.807) is 13.2 Å². The number of carbonyl (C=O) groups excluding carboxylic acids is 1. The van der Waals surface area contributed by atoms with Crippen molar-refractivity contribution in [3.05, 3.63) is 23.2 Å². The molecule has 2 rings (SSSR count). The van der Waals surface area contributed by atoms with Crippen LogP contribution >= 0.6 is 11.6 Å². The normalized spacial score (nSPS) is 18.2. The lowest BCUT2D eigenvalue weighted by Crippen LogP contribution is -2.48. The number of nitrogens with one attached hydrogen (secondary N) is 1. The lowest BCUT2D eigenvalue weighted by molar-refractivity contribution is 0.0114. The second-order valence-electron chi connectivity index (χ2n) is 7.05. The number of rotatable bonds is 4. The first kappa shape index (κ1) is 18.7. The van der Waals surface area contributed by atoms with E-state index in [0.717, 1.165) is 37.2 Å². The summed E-state index contributed by atoms with van der Waals surface area (Å²) in [5, 5.41) is 4.01. The third kappa shape index (κ3) is 5.20. The lowest BCUT2D eigenvalue weighted by atomic mass is 10.0. The molecule has 1 heterocycles. The topological polar surface area (TPSA) is 50.8 Å². The molecule has 1 unspecified atom stereocenters. The summed E-state index contributed by atoms with van der Waals surface area (Å²) < 4.78 is 10.9. The van der Waals surface area contributed by atoms with Crippen molar-refractivity contribution in [3.63, 3.8) is 0 Å². The zero-order valence-corrected chi connectivity index (χ0v) is 15.7. The number of carbonyl (C=O) groups is 1. The Hall–Kier alpha value is -1.62. The predicted octanol–water partition coefficient (Wildman–Crippen LogP) is 4.55. The summed E-state index contributed by atoms with van der Waals surface area (Å²) in [5.74, 6) is 0.735. The molecule has 1 N–H and O–H groups in total. The molecule has 0 spiro atoms. The minimum absolute atomic E-state index is 0.0947. The maximum atomic E-state index is 12.4. The summed E-state index contributed by atoms with van der Waals surface area (Å²) in [7, 11) is 1.63. The van der Waals surface area contributed by atoms with Gasteiger partial charge in [0.15, 0.2) is 0 Å². The second kappa shape index (κ2) is 7.97. The van der Waals surface area contributed by atoms with Crippen LogP contribution in [0.15, 0.2) is 18.2 Å². The van der Waals surface area contributed by atoms with Crippen molar-refractivity contribution in [2.45, 2.75) is 51.7 Å². The molecule has 1 atom stereocenters. The molecule has 0 radical (unpaired) electrons. The second-order valence-corrected chi connectivity index (χ2v) is 7.49. The Morgan fingerprint density at radius 3 is 2.79 bits per heavy atom. The molecule has 1 aliphatic heterocycles. The molecule has 134 valence electrons. The van der Waals surface area contributed by atoms with Crippen LogP contribution in [0.4, 0.5) is 10.5 Å². The molecule has 0 aliphatic carbocycles. The third-order valence-electron chi connectivity index (χ3n) is 3.94. The Morgan fingerprint density at radius 1 is 1.38 bits per heavy atom. The summed E-state index contributed by atoms with van der Waals surface area (Å²) in [6.45, 7) is 7.03. The molecular weight excluding hydrogens is 328 g/mol. The van der Waals surface area contributed by atoms with Crippen LogP contribution in [-0.4, -0.2) is 42.8 Å². The lowest BCUT2D eigenvalue weighted by Gasteiger charge is -2.37. The number of hydrogen-bond acceptors (Lipinski definition) is 4. The standard InChI is InChI=1S/C18H27ClN2O3/c1-18(2,3)24-17(22)21-10-6-5-7-14(21)12-20-15-11-13(19)8-9-16(15)23-4/h8-9,11,14,20H,5-7,10,12H2,1-4H3. The summed E-state index contributed by atoms with van der Waals surface area (Å²) >= 11 is 6.07. The van der Waals surface area contributed by atoms with Crippen molar-refractivity contribution in [3.8, 4) is 5.75 Å². The summed E-state index contributed by atoms with van der Waals surface area (Å²) in [6.07, 6.45) is 2.83. The molecule has 0 bridgehead atoms. The maximum absolute atomic E-state index is 12.4. The zero-order valence-electron chi connectivity index (χ0n) is 14.9. The van der Waals surface area contributed by atoms with E-state index in [4.69, 9.17) is 21.1 Å². The van der Waals surface area contributed by atoms with Gasteiger partial charge < -0.3 is 19.7 Å². The largest absolute Gasteiger partial charge is 0.495 e. The Bertz CT molecular complexity index is 572. The van der Waals surface area contributed by atoms with Gasteiger partial charge in [-0.25, -0.2) is 4.79 Å². The number of hydrogen-bond donors (Lipinski definition) is 1. The SMILES string of the molecule is COc1ccc(Cl)cc1NCC1CCCCN1C(=O)OC(C)(C)C. The average molecular weight is 355 g/mol. The third-order valence-corrected chi connectivity index (χ3v) is 4.18. The molecule has 1 amide bonds. The molecule has 1 fully saturated rings. The van der Waals surface area contributed by atoms with E-state index in [1.807, 2.05) is 37.8 Å². The quantitative estimate of drug-likeness (QED) is 0.861. The van der Waals surface area contributed by atoms with Crippen molar-refractivity contribution in [1.29, 1.82) is 0 Å². The zero-order chi connectivity index (χ0) is 17.7. The highest BCUT2D eigenvalue weighted by atomic mass is 35.5. The van der Waals surface area contributed by atoms with Gasteiger partial charge in [0, 0.05) is 18.1 Å². The highest BCUT2D eigenvalue weighted by Crippen LogP contribution is 2.28. The minimum atomic E-state index is -0.483. The van der Waals surface area contributed by atoms with E-state index in [0.29, 0.717) is 11.6 Å². The van der Waals surface area contributed by atoms with Gasteiger partial charge in [0.2, 0.25) is 0 Å². The van der Waals surface area contributed by atoms with E-state index < -0.39 is 5.60 Å². The van der Waals surface area contributed by atoms with Gasteiger partial charge in [-0.1, -0.05) is 11.6 Å². The van der Waals surface area contributed by atoms with E-state index >= 15 is 0 Å². The van der Waals surface area contributed by atoms with Gasteiger partial charge in [-0.05, 0) is 58.2 Å². The molecule has 1 aliphatic rings. The fraction of sp³-hybridized carbons (Fsp3) is 0.611. The summed E-state index contributed by atoms with van der Waals surface area (Å²) in [6, 6.07) is 5.55. The molecule has 6 heteroatoms. The minimum Gasteiger partial charge on any atom is -0.495 e. The van der Waals surface area contributed by atoms with Crippen LogP contribution in [-0.2, 0) is 4.74 Å². The van der Waals surface area contributed by atoms with Crippen molar-refractivity contribution >= 4 is 23.4 Å². The fourth-order valence-electron chi connectivity index (χ4n) is 2.82. The van der Waals surface area contributed by atoms with Crippen molar-refractivity contribution in [2.24, 2.45) is 0 Å². The van der Waals surface area contributed by atoms with Gasteiger partial charge in [0.05, 0.1) is 18.8 Å². The van der Waals surface area contributed by atoms with Gasteiger partial charge >= 0.3 is 6.09 Å². The molecule has 0 saturated carbocycles. The molecular formula is C18H27ClN2O3. The van der Waals surface area contributed by atoms with Crippen LogP contribution in [0.3, 0.4) is 0 Å². The van der Waals surface area contributed by atoms with Crippen LogP contribution in [0.5, 0.6) is 5.75 Å². The van der Waals surface area contributed by atoms with E-state index in [2.05, 4.69) is 5.32 Å². The highest BCUT2D eigenvalue weighted by molar-refractivity contribution is 6.30. The molecule has 1 aromatic rings. The van der Waals surface area contributed by atoms with Gasteiger partial charge in [0.1, 0.15) is 11.4 Å². The first-order chi connectivity index (χ1) is 11.3. The van der Waals surface area contributed by atoms with Crippen LogP contribution in [0.2, 0.25) is 5.02 Å². The number of likely N-dealkylation sites (tertiary alicyclic amines) is 1. The maximum Gasteiger partial charge on any atom is 0.410 e. The van der Waals surface area contributed by atoms with Gasteiger partial charge in [-0.15, -0.1) is 0 Å². The Balaban J connectivity index is 2.04. The summed E-state index contributed by atoms with van der Waals surface area (Å²) in [5.41, 5.74) is 0.350. The molecule has 24 heavy (non-hydrogen) atoms. The highest BCUT2D eigenvalue weighted by Gasteiger charge is 2.30. The van der Waals surface area contributed by atoms with Crippen molar-refractivity contribution < 1.29 is 14.3 Å². The molecule has 5 nitrogen and oxygen atoms in total. The smallest absolute Gasteiger partial charge is 0.410 e. The fourth-order valence-corrected chi connectivity index (χ4v) is 2.99. The first-order valence-electron chi connectivity index (χ1n) is 8.37.